The predicted molar refractivity (Wildman–Crippen MR) is 128 cm³/mol. The summed E-state index contributed by atoms with van der Waals surface area (Å²) in [4.78, 5) is 24.1. The lowest BCUT2D eigenvalue weighted by atomic mass is 9.73. The minimum Gasteiger partial charge on any atom is -0.359 e. The summed E-state index contributed by atoms with van der Waals surface area (Å²) in [5, 5.41) is 2.97. The van der Waals surface area contributed by atoms with E-state index in [0.29, 0.717) is 6.42 Å². The van der Waals surface area contributed by atoms with Crippen molar-refractivity contribution in [2.75, 3.05) is 20.1 Å². The summed E-state index contributed by atoms with van der Waals surface area (Å²) in [6, 6.07) is 15.0. The van der Waals surface area contributed by atoms with Crippen LogP contribution in [-0.2, 0) is 17.8 Å². The molecule has 4 rings (SSSR count). The van der Waals surface area contributed by atoms with Crippen molar-refractivity contribution in [3.05, 3.63) is 83.4 Å². The molecule has 1 N–H and O–H groups in total. The quantitative estimate of drug-likeness (QED) is 0.635. The molecule has 1 saturated heterocycles. The third kappa shape index (κ3) is 4.73. The van der Waals surface area contributed by atoms with Gasteiger partial charge in [-0.05, 0) is 67.5 Å². The van der Waals surface area contributed by atoms with Crippen molar-refractivity contribution in [1.29, 1.82) is 0 Å². The van der Waals surface area contributed by atoms with Crippen LogP contribution in [0.15, 0.2) is 61.2 Å². The van der Waals surface area contributed by atoms with Gasteiger partial charge in [0.2, 0.25) is 5.91 Å². The van der Waals surface area contributed by atoms with Crippen LogP contribution in [0.5, 0.6) is 0 Å². The Hall–Kier alpha value is -3.05. The van der Waals surface area contributed by atoms with Crippen LogP contribution in [0.25, 0.3) is 11.1 Å². The van der Waals surface area contributed by atoms with Crippen molar-refractivity contribution in [2.45, 2.75) is 39.7 Å². The standard InChI is InChI=1S/C27H32N4O/c1-20-9-10-22(13-21(20)2)17-31-12-6-11-27(18-31,26(32)28-3)14-23-7-4-5-8-25(23)24-15-29-19-30-16-24/h4-5,7-10,13,15-16,19H,6,11-12,14,17-18H2,1-3H3,(H,28,32)/t27-/m1/s1. The number of hydrogen-bond donors (Lipinski definition) is 1. The van der Waals surface area contributed by atoms with Crippen molar-refractivity contribution >= 4 is 5.91 Å². The average Bonchev–Trinajstić information content (AvgIpc) is 2.82. The molecule has 166 valence electrons. The Kier molecular flexibility index (Phi) is 6.66. The lowest BCUT2D eigenvalue weighted by molar-refractivity contribution is -0.134. The van der Waals surface area contributed by atoms with Gasteiger partial charge in [0, 0.05) is 38.1 Å². The van der Waals surface area contributed by atoms with E-state index in [1.807, 2.05) is 18.5 Å². The molecule has 0 saturated carbocycles. The lowest BCUT2D eigenvalue weighted by Crippen LogP contribution is -2.52. The SMILES string of the molecule is CNC(=O)[C@@]1(Cc2ccccc2-c2cncnc2)CCCN(Cc2ccc(C)c(C)c2)C1. The van der Waals surface area contributed by atoms with Gasteiger partial charge in [0.15, 0.2) is 0 Å². The Balaban J connectivity index is 1.62. The molecule has 1 aliphatic rings. The number of piperidine rings is 1. The highest BCUT2D eigenvalue weighted by atomic mass is 16.2. The molecule has 2 aromatic carbocycles. The van der Waals surface area contributed by atoms with Gasteiger partial charge in [-0.1, -0.05) is 42.5 Å². The molecule has 5 nitrogen and oxygen atoms in total. The lowest BCUT2D eigenvalue weighted by Gasteiger charge is -2.42. The van der Waals surface area contributed by atoms with Crippen molar-refractivity contribution in [3.63, 3.8) is 0 Å². The summed E-state index contributed by atoms with van der Waals surface area (Å²) in [5.74, 6) is 0.126. The fourth-order valence-electron chi connectivity index (χ4n) is 4.96. The summed E-state index contributed by atoms with van der Waals surface area (Å²) < 4.78 is 0. The molecule has 5 heteroatoms. The fourth-order valence-corrected chi connectivity index (χ4v) is 4.96. The first kappa shape index (κ1) is 22.2. The summed E-state index contributed by atoms with van der Waals surface area (Å²) in [6.45, 7) is 6.94. The molecule has 0 aliphatic carbocycles. The largest absolute Gasteiger partial charge is 0.359 e. The topological polar surface area (TPSA) is 58.1 Å². The van der Waals surface area contributed by atoms with Crippen molar-refractivity contribution in [1.82, 2.24) is 20.2 Å². The number of nitrogens with zero attached hydrogens (tertiary/aromatic N) is 3. The zero-order valence-electron chi connectivity index (χ0n) is 19.3. The number of amides is 1. The molecule has 2 heterocycles. The molecule has 32 heavy (non-hydrogen) atoms. The maximum Gasteiger partial charge on any atom is 0.227 e. The van der Waals surface area contributed by atoms with Crippen LogP contribution in [0.4, 0.5) is 0 Å². The van der Waals surface area contributed by atoms with Crippen LogP contribution in [0.1, 0.15) is 35.1 Å². The van der Waals surface area contributed by atoms with E-state index in [4.69, 9.17) is 0 Å². The first-order valence-corrected chi connectivity index (χ1v) is 11.3. The average molecular weight is 429 g/mol. The summed E-state index contributed by atoms with van der Waals surface area (Å²) in [6.07, 6.45) is 7.81. The molecule has 1 aliphatic heterocycles. The Labute approximate surface area is 190 Å². The van der Waals surface area contributed by atoms with E-state index in [9.17, 15) is 4.79 Å². The van der Waals surface area contributed by atoms with Crippen LogP contribution in [0, 0.1) is 19.3 Å². The molecule has 0 unspecified atom stereocenters. The predicted octanol–water partition coefficient (Wildman–Crippen LogP) is 4.33. The number of carbonyl (C=O) groups is 1. The van der Waals surface area contributed by atoms with Gasteiger partial charge in [-0.2, -0.15) is 0 Å². The molecular formula is C27H32N4O. The summed E-state index contributed by atoms with van der Waals surface area (Å²) in [7, 11) is 1.75. The zero-order chi connectivity index (χ0) is 22.6. The van der Waals surface area contributed by atoms with Crippen LogP contribution >= 0.6 is 0 Å². The molecule has 0 radical (unpaired) electrons. The molecule has 1 amide bonds. The minimum atomic E-state index is -0.460. The number of aromatic nitrogens is 2. The van der Waals surface area contributed by atoms with Crippen molar-refractivity contribution in [2.24, 2.45) is 5.41 Å². The maximum absolute atomic E-state index is 13.3. The van der Waals surface area contributed by atoms with Gasteiger partial charge < -0.3 is 5.32 Å². The number of nitrogens with one attached hydrogen (secondary N) is 1. The Morgan fingerprint density at radius 3 is 2.62 bits per heavy atom. The first-order valence-electron chi connectivity index (χ1n) is 11.3. The second kappa shape index (κ2) is 9.61. The number of aryl methyl sites for hydroxylation is 2. The molecule has 0 spiro atoms. The Bertz CT molecular complexity index is 1080. The normalized spacial score (nSPS) is 19.0. The molecule has 0 bridgehead atoms. The van der Waals surface area contributed by atoms with E-state index >= 15 is 0 Å². The van der Waals surface area contributed by atoms with E-state index in [-0.39, 0.29) is 5.91 Å². The Morgan fingerprint density at radius 2 is 1.88 bits per heavy atom. The number of carbonyl (C=O) groups excluding carboxylic acids is 1. The van der Waals surface area contributed by atoms with Crippen LogP contribution in [0.3, 0.4) is 0 Å². The van der Waals surface area contributed by atoms with E-state index in [2.05, 4.69) is 70.4 Å². The summed E-state index contributed by atoms with van der Waals surface area (Å²) in [5.41, 5.74) is 6.73. The van der Waals surface area contributed by atoms with Gasteiger partial charge in [-0.25, -0.2) is 9.97 Å². The highest BCUT2D eigenvalue weighted by Gasteiger charge is 2.42. The zero-order valence-corrected chi connectivity index (χ0v) is 19.3. The highest BCUT2D eigenvalue weighted by Crippen LogP contribution is 2.37. The first-order chi connectivity index (χ1) is 15.5. The van der Waals surface area contributed by atoms with Crippen LogP contribution in [-0.4, -0.2) is 40.9 Å². The molecular weight excluding hydrogens is 396 g/mol. The third-order valence-corrected chi connectivity index (χ3v) is 6.76. The van der Waals surface area contributed by atoms with Gasteiger partial charge in [-0.3, -0.25) is 9.69 Å². The van der Waals surface area contributed by atoms with E-state index in [1.54, 1.807) is 13.4 Å². The number of likely N-dealkylation sites (tertiary alicyclic amines) is 1. The number of rotatable bonds is 6. The number of hydrogen-bond acceptors (Lipinski definition) is 4. The second-order valence-electron chi connectivity index (χ2n) is 9.05. The van der Waals surface area contributed by atoms with Crippen molar-refractivity contribution < 1.29 is 4.79 Å². The monoisotopic (exact) mass is 428 g/mol. The van der Waals surface area contributed by atoms with E-state index in [0.717, 1.165) is 43.6 Å². The van der Waals surface area contributed by atoms with Gasteiger partial charge in [0.25, 0.3) is 0 Å². The van der Waals surface area contributed by atoms with Gasteiger partial charge in [0.1, 0.15) is 6.33 Å². The molecule has 1 fully saturated rings. The van der Waals surface area contributed by atoms with Crippen LogP contribution in [0.2, 0.25) is 0 Å². The molecule has 1 atom stereocenters. The minimum absolute atomic E-state index is 0.126. The molecule has 3 aromatic rings. The van der Waals surface area contributed by atoms with Gasteiger partial charge in [0.05, 0.1) is 5.41 Å². The van der Waals surface area contributed by atoms with Gasteiger partial charge >= 0.3 is 0 Å². The smallest absolute Gasteiger partial charge is 0.227 e. The van der Waals surface area contributed by atoms with E-state index < -0.39 is 5.41 Å². The second-order valence-corrected chi connectivity index (χ2v) is 9.05. The Morgan fingerprint density at radius 1 is 1.09 bits per heavy atom. The van der Waals surface area contributed by atoms with E-state index in [1.165, 1.54) is 22.3 Å². The fraction of sp³-hybridized carbons (Fsp3) is 0.370. The van der Waals surface area contributed by atoms with Gasteiger partial charge in [-0.15, -0.1) is 0 Å². The maximum atomic E-state index is 13.3. The molecule has 1 aromatic heterocycles. The van der Waals surface area contributed by atoms with Crippen LogP contribution < -0.4 is 5.32 Å². The number of benzene rings is 2. The third-order valence-electron chi connectivity index (χ3n) is 6.76. The summed E-state index contributed by atoms with van der Waals surface area (Å²) >= 11 is 0. The highest BCUT2D eigenvalue weighted by molar-refractivity contribution is 5.83. The van der Waals surface area contributed by atoms with Crippen molar-refractivity contribution in [3.8, 4) is 11.1 Å².